The van der Waals surface area contributed by atoms with Crippen molar-refractivity contribution in [2.45, 2.75) is 0 Å². The molecule has 0 saturated heterocycles. The molecule has 0 aliphatic heterocycles. The van der Waals surface area contributed by atoms with Crippen molar-refractivity contribution in [2.24, 2.45) is 5.73 Å². The minimum absolute atomic E-state index is 0.421. The molecule has 3 nitrogen and oxygen atoms in total. The second-order valence-corrected chi connectivity index (χ2v) is 5.16. The lowest BCUT2D eigenvalue weighted by Gasteiger charge is -2.02. The Morgan fingerprint density at radius 3 is 1.94 bits per heavy atom. The maximum atomic E-state index is 12.2. The summed E-state index contributed by atoms with van der Waals surface area (Å²) >= 11 is 0. The summed E-state index contributed by atoms with van der Waals surface area (Å²) in [6, 6.07) is 15.7. The predicted molar refractivity (Wildman–Crippen MR) is 68.3 cm³/mol. The van der Waals surface area contributed by atoms with E-state index in [0.717, 1.165) is 5.30 Å². The Kier molecular flexibility index (Phi) is 3.31. The highest BCUT2D eigenvalue weighted by atomic mass is 31.1. The summed E-state index contributed by atoms with van der Waals surface area (Å²) in [5.41, 5.74) is 5.56. The fourth-order valence-electron chi connectivity index (χ4n) is 1.47. The zero-order valence-corrected chi connectivity index (χ0v) is 9.93. The Hall–Kier alpha value is -1.99. The molecular formula is C13H11NO2P. The zero-order valence-electron chi connectivity index (χ0n) is 9.04. The van der Waals surface area contributed by atoms with E-state index in [4.69, 9.17) is 5.73 Å². The van der Waals surface area contributed by atoms with Crippen LogP contribution in [0.5, 0.6) is 0 Å². The molecule has 2 aromatic carbocycles. The summed E-state index contributed by atoms with van der Waals surface area (Å²) in [4.78, 5) is 10.9. The molecule has 1 radical (unpaired) electrons. The van der Waals surface area contributed by atoms with Crippen LogP contribution in [-0.2, 0) is 4.57 Å². The molecule has 1 unspecified atom stereocenters. The summed E-state index contributed by atoms with van der Waals surface area (Å²) in [7, 11) is -1.60. The molecule has 0 aliphatic carbocycles. The van der Waals surface area contributed by atoms with Crippen LogP contribution in [0, 0.1) is 0 Å². The standard InChI is InChI=1S/C13H11NO2P/c14-13(15)10-6-8-12(9-7-10)17(16)11-4-2-1-3-5-11/h1-9H,(H2,14,15). The highest BCUT2D eigenvalue weighted by molar-refractivity contribution is 7.61. The Morgan fingerprint density at radius 2 is 1.41 bits per heavy atom. The first-order valence-corrected chi connectivity index (χ1v) is 6.36. The van der Waals surface area contributed by atoms with Gasteiger partial charge >= 0.3 is 0 Å². The Bertz CT molecular complexity index is 549. The van der Waals surface area contributed by atoms with E-state index in [0.29, 0.717) is 10.9 Å². The first-order chi connectivity index (χ1) is 8.18. The van der Waals surface area contributed by atoms with E-state index in [1.54, 1.807) is 24.3 Å². The molecular weight excluding hydrogens is 233 g/mol. The van der Waals surface area contributed by atoms with Crippen molar-refractivity contribution >= 4 is 24.3 Å². The van der Waals surface area contributed by atoms with E-state index in [9.17, 15) is 9.36 Å². The van der Waals surface area contributed by atoms with Crippen LogP contribution in [0.15, 0.2) is 54.6 Å². The number of nitrogens with two attached hydrogens (primary N) is 1. The molecule has 0 aliphatic rings. The Labute approximate surface area is 100 Å². The van der Waals surface area contributed by atoms with E-state index < -0.39 is 13.7 Å². The third-order valence-electron chi connectivity index (χ3n) is 2.38. The zero-order chi connectivity index (χ0) is 12.3. The quantitative estimate of drug-likeness (QED) is 0.833. The van der Waals surface area contributed by atoms with Crippen LogP contribution in [0.1, 0.15) is 10.4 Å². The molecule has 2 N–H and O–H groups in total. The van der Waals surface area contributed by atoms with Gasteiger partial charge in [-0.15, -0.1) is 0 Å². The van der Waals surface area contributed by atoms with Gasteiger partial charge in [0.25, 0.3) is 0 Å². The van der Waals surface area contributed by atoms with Gasteiger partial charge in [-0.2, -0.15) is 0 Å². The van der Waals surface area contributed by atoms with Crippen molar-refractivity contribution in [1.82, 2.24) is 0 Å². The van der Waals surface area contributed by atoms with Crippen molar-refractivity contribution in [1.29, 1.82) is 0 Å². The van der Waals surface area contributed by atoms with Gasteiger partial charge < -0.3 is 5.73 Å². The topological polar surface area (TPSA) is 60.2 Å². The van der Waals surface area contributed by atoms with E-state index in [-0.39, 0.29) is 0 Å². The average molecular weight is 244 g/mol. The molecule has 2 aromatic rings. The molecule has 0 saturated carbocycles. The summed E-state index contributed by atoms with van der Waals surface area (Å²) in [6.45, 7) is 0. The highest BCUT2D eigenvalue weighted by Gasteiger charge is 2.08. The van der Waals surface area contributed by atoms with Gasteiger partial charge in [-0.1, -0.05) is 18.2 Å². The SMILES string of the molecule is NC(=O)c1ccc([P](=O)c2ccccc2)cc1. The number of carbonyl (C=O) groups excluding carboxylic acids is 1. The van der Waals surface area contributed by atoms with Gasteiger partial charge in [0.15, 0.2) is 0 Å². The number of carbonyl (C=O) groups is 1. The molecule has 4 heteroatoms. The average Bonchev–Trinajstić information content (AvgIpc) is 2.39. The lowest BCUT2D eigenvalue weighted by Crippen LogP contribution is -2.12. The molecule has 0 heterocycles. The molecule has 17 heavy (non-hydrogen) atoms. The minimum Gasteiger partial charge on any atom is -0.366 e. The van der Waals surface area contributed by atoms with Gasteiger partial charge in [-0.25, -0.2) is 0 Å². The number of hydrogen-bond acceptors (Lipinski definition) is 2. The molecule has 2 rings (SSSR count). The number of rotatable bonds is 3. The van der Waals surface area contributed by atoms with E-state index in [1.807, 2.05) is 30.3 Å². The van der Waals surface area contributed by atoms with Crippen LogP contribution in [0.2, 0.25) is 0 Å². The van der Waals surface area contributed by atoms with Crippen LogP contribution in [0.4, 0.5) is 0 Å². The summed E-state index contributed by atoms with van der Waals surface area (Å²) in [5, 5.41) is 1.46. The summed E-state index contributed by atoms with van der Waals surface area (Å²) in [6.07, 6.45) is 0. The fourth-order valence-corrected chi connectivity index (χ4v) is 2.63. The maximum absolute atomic E-state index is 12.2. The van der Waals surface area contributed by atoms with E-state index >= 15 is 0 Å². The monoisotopic (exact) mass is 244 g/mol. The maximum Gasteiger partial charge on any atom is 0.248 e. The van der Waals surface area contributed by atoms with Crippen molar-refractivity contribution < 1.29 is 9.36 Å². The van der Waals surface area contributed by atoms with E-state index in [2.05, 4.69) is 0 Å². The van der Waals surface area contributed by atoms with Gasteiger partial charge in [-0.05, 0) is 36.4 Å². The number of amides is 1. The van der Waals surface area contributed by atoms with Crippen LogP contribution >= 0.6 is 7.80 Å². The minimum atomic E-state index is -1.60. The molecule has 0 bridgehead atoms. The van der Waals surface area contributed by atoms with Gasteiger partial charge in [0.2, 0.25) is 5.91 Å². The number of primary amides is 1. The van der Waals surface area contributed by atoms with Crippen molar-refractivity contribution in [2.75, 3.05) is 0 Å². The van der Waals surface area contributed by atoms with Gasteiger partial charge in [0.1, 0.15) is 7.80 Å². The second kappa shape index (κ2) is 4.89. The fraction of sp³-hybridized carbons (Fsp3) is 0. The van der Waals surface area contributed by atoms with Crippen LogP contribution in [-0.4, -0.2) is 5.91 Å². The Morgan fingerprint density at radius 1 is 0.882 bits per heavy atom. The van der Waals surface area contributed by atoms with E-state index in [1.165, 1.54) is 0 Å². The molecule has 85 valence electrons. The number of benzene rings is 2. The first kappa shape index (κ1) is 11.5. The molecule has 0 spiro atoms. The smallest absolute Gasteiger partial charge is 0.248 e. The largest absolute Gasteiger partial charge is 0.366 e. The van der Waals surface area contributed by atoms with Gasteiger partial charge in [0, 0.05) is 16.2 Å². The van der Waals surface area contributed by atoms with Crippen molar-refractivity contribution in [3.63, 3.8) is 0 Å². The van der Waals surface area contributed by atoms with Crippen LogP contribution in [0.3, 0.4) is 0 Å². The summed E-state index contributed by atoms with van der Waals surface area (Å²) < 4.78 is 12.2. The van der Waals surface area contributed by atoms with Crippen LogP contribution < -0.4 is 16.3 Å². The molecule has 1 atom stereocenters. The van der Waals surface area contributed by atoms with Crippen molar-refractivity contribution in [3.8, 4) is 0 Å². The lowest BCUT2D eigenvalue weighted by atomic mass is 10.2. The predicted octanol–water partition coefficient (Wildman–Crippen LogP) is 1.56. The Balaban J connectivity index is 2.30. The third-order valence-corrected chi connectivity index (χ3v) is 3.91. The van der Waals surface area contributed by atoms with Crippen LogP contribution in [0.25, 0.3) is 0 Å². The summed E-state index contributed by atoms with van der Waals surface area (Å²) in [5.74, 6) is -0.480. The molecule has 0 aromatic heterocycles. The van der Waals surface area contributed by atoms with Gasteiger partial charge in [-0.3, -0.25) is 9.36 Å². The lowest BCUT2D eigenvalue weighted by molar-refractivity contribution is 0.100. The molecule has 1 amide bonds. The normalized spacial score (nSPS) is 10.9. The third kappa shape index (κ3) is 2.58. The second-order valence-electron chi connectivity index (χ2n) is 3.54. The first-order valence-electron chi connectivity index (χ1n) is 5.10. The highest BCUT2D eigenvalue weighted by Crippen LogP contribution is 2.19. The van der Waals surface area contributed by atoms with Crippen molar-refractivity contribution in [3.05, 3.63) is 60.2 Å². The molecule has 0 fully saturated rings. The van der Waals surface area contributed by atoms with Gasteiger partial charge in [0.05, 0.1) is 0 Å². The number of hydrogen-bond donors (Lipinski definition) is 1.